The molecule has 0 aromatic heterocycles. The summed E-state index contributed by atoms with van der Waals surface area (Å²) in [5.74, 6) is 0.154. The Morgan fingerprint density at radius 1 is 1.41 bits per heavy atom. The number of ether oxygens (including phenoxy) is 1. The summed E-state index contributed by atoms with van der Waals surface area (Å²) >= 11 is 0. The van der Waals surface area contributed by atoms with E-state index in [9.17, 15) is 4.79 Å². The third-order valence-corrected chi connectivity index (χ3v) is 3.14. The van der Waals surface area contributed by atoms with Gasteiger partial charge >= 0.3 is 0 Å². The second kappa shape index (κ2) is 5.32. The number of amides is 1. The van der Waals surface area contributed by atoms with Gasteiger partial charge in [0.1, 0.15) is 6.23 Å². The lowest BCUT2D eigenvalue weighted by Crippen LogP contribution is -2.45. The van der Waals surface area contributed by atoms with Gasteiger partial charge in [-0.05, 0) is 25.8 Å². The Labute approximate surface area is 102 Å². The maximum atomic E-state index is 12.1. The summed E-state index contributed by atoms with van der Waals surface area (Å²) in [5, 5.41) is 0. The standard InChI is InChI=1S/C14H19NO2/c1-11-4-6-13(7-5-11)10-14(16)15-8-3-9-17-12(15)2/h4-7,12H,3,8-10H2,1-2H3. The van der Waals surface area contributed by atoms with Gasteiger partial charge < -0.3 is 9.64 Å². The van der Waals surface area contributed by atoms with Gasteiger partial charge in [0.25, 0.3) is 0 Å². The highest BCUT2D eigenvalue weighted by Gasteiger charge is 2.23. The molecule has 1 atom stereocenters. The summed E-state index contributed by atoms with van der Waals surface area (Å²) < 4.78 is 5.47. The lowest BCUT2D eigenvalue weighted by atomic mass is 10.1. The largest absolute Gasteiger partial charge is 0.359 e. The Hall–Kier alpha value is -1.35. The minimum Gasteiger partial charge on any atom is -0.359 e. The number of benzene rings is 1. The average Bonchev–Trinajstić information content (AvgIpc) is 2.32. The average molecular weight is 233 g/mol. The van der Waals surface area contributed by atoms with Gasteiger partial charge in [0.15, 0.2) is 0 Å². The van der Waals surface area contributed by atoms with Crippen molar-refractivity contribution in [1.82, 2.24) is 4.90 Å². The van der Waals surface area contributed by atoms with Crippen molar-refractivity contribution in [2.75, 3.05) is 13.2 Å². The topological polar surface area (TPSA) is 29.5 Å². The molecule has 92 valence electrons. The molecule has 17 heavy (non-hydrogen) atoms. The van der Waals surface area contributed by atoms with E-state index in [0.29, 0.717) is 6.42 Å². The van der Waals surface area contributed by atoms with Crippen molar-refractivity contribution < 1.29 is 9.53 Å². The number of carbonyl (C=O) groups excluding carboxylic acids is 1. The van der Waals surface area contributed by atoms with Crippen molar-refractivity contribution in [2.45, 2.75) is 32.9 Å². The van der Waals surface area contributed by atoms with Gasteiger partial charge in [-0.2, -0.15) is 0 Å². The molecule has 1 aromatic carbocycles. The van der Waals surface area contributed by atoms with E-state index in [1.807, 2.05) is 43.0 Å². The molecule has 1 heterocycles. The van der Waals surface area contributed by atoms with E-state index >= 15 is 0 Å². The van der Waals surface area contributed by atoms with E-state index in [1.165, 1.54) is 5.56 Å². The summed E-state index contributed by atoms with van der Waals surface area (Å²) in [7, 11) is 0. The number of rotatable bonds is 2. The van der Waals surface area contributed by atoms with Crippen LogP contribution in [0.2, 0.25) is 0 Å². The molecule has 0 saturated carbocycles. The molecule has 1 fully saturated rings. The van der Waals surface area contributed by atoms with E-state index in [4.69, 9.17) is 4.74 Å². The molecule has 1 amide bonds. The van der Waals surface area contributed by atoms with Crippen molar-refractivity contribution in [3.8, 4) is 0 Å². The zero-order valence-corrected chi connectivity index (χ0v) is 10.5. The highest BCUT2D eigenvalue weighted by molar-refractivity contribution is 5.79. The minimum atomic E-state index is -0.0818. The van der Waals surface area contributed by atoms with Gasteiger partial charge in [-0.25, -0.2) is 0 Å². The summed E-state index contributed by atoms with van der Waals surface area (Å²) in [5.41, 5.74) is 2.29. The van der Waals surface area contributed by atoms with Gasteiger partial charge in [-0.15, -0.1) is 0 Å². The van der Waals surface area contributed by atoms with E-state index in [1.54, 1.807) is 0 Å². The number of carbonyl (C=O) groups is 1. The summed E-state index contributed by atoms with van der Waals surface area (Å²) in [6.07, 6.45) is 1.32. The maximum Gasteiger partial charge on any atom is 0.229 e. The monoisotopic (exact) mass is 233 g/mol. The van der Waals surface area contributed by atoms with Crippen LogP contribution in [0.5, 0.6) is 0 Å². The highest BCUT2D eigenvalue weighted by atomic mass is 16.5. The second-order valence-corrected chi connectivity index (χ2v) is 4.57. The van der Waals surface area contributed by atoms with Crippen LogP contribution in [0.15, 0.2) is 24.3 Å². The van der Waals surface area contributed by atoms with Crippen LogP contribution in [0.25, 0.3) is 0 Å². The van der Waals surface area contributed by atoms with Crippen LogP contribution in [0, 0.1) is 6.92 Å². The van der Waals surface area contributed by atoms with Crippen LogP contribution in [0.3, 0.4) is 0 Å². The number of aryl methyl sites for hydroxylation is 1. The zero-order valence-electron chi connectivity index (χ0n) is 10.5. The SMILES string of the molecule is Cc1ccc(CC(=O)N2CCCOC2C)cc1. The van der Waals surface area contributed by atoms with Gasteiger partial charge in [-0.1, -0.05) is 29.8 Å². The van der Waals surface area contributed by atoms with Crippen molar-refractivity contribution in [3.05, 3.63) is 35.4 Å². The minimum absolute atomic E-state index is 0.0818. The van der Waals surface area contributed by atoms with Crippen molar-refractivity contribution in [1.29, 1.82) is 0 Å². The van der Waals surface area contributed by atoms with Crippen molar-refractivity contribution >= 4 is 5.91 Å². The molecule has 0 bridgehead atoms. The Kier molecular flexibility index (Phi) is 3.79. The van der Waals surface area contributed by atoms with E-state index in [2.05, 4.69) is 0 Å². The molecular weight excluding hydrogens is 214 g/mol. The Morgan fingerprint density at radius 2 is 2.12 bits per heavy atom. The molecule has 0 N–H and O–H groups in total. The van der Waals surface area contributed by atoms with Crippen LogP contribution < -0.4 is 0 Å². The van der Waals surface area contributed by atoms with Crippen LogP contribution in [-0.2, 0) is 16.0 Å². The first-order chi connectivity index (χ1) is 8.16. The third kappa shape index (κ3) is 3.07. The molecule has 2 rings (SSSR count). The number of hydrogen-bond donors (Lipinski definition) is 0. The fourth-order valence-corrected chi connectivity index (χ4v) is 2.07. The van der Waals surface area contributed by atoms with Gasteiger partial charge in [0.05, 0.1) is 13.0 Å². The Morgan fingerprint density at radius 3 is 2.76 bits per heavy atom. The predicted octanol–water partition coefficient (Wildman–Crippen LogP) is 2.13. The van der Waals surface area contributed by atoms with Crippen LogP contribution in [0.1, 0.15) is 24.5 Å². The Balaban J connectivity index is 1.98. The quantitative estimate of drug-likeness (QED) is 0.783. The van der Waals surface area contributed by atoms with Crippen LogP contribution >= 0.6 is 0 Å². The normalized spacial score (nSPS) is 20.4. The summed E-state index contributed by atoms with van der Waals surface area (Å²) in [4.78, 5) is 13.9. The van der Waals surface area contributed by atoms with E-state index < -0.39 is 0 Å². The smallest absolute Gasteiger partial charge is 0.229 e. The molecule has 0 radical (unpaired) electrons. The zero-order chi connectivity index (χ0) is 12.3. The lowest BCUT2D eigenvalue weighted by Gasteiger charge is -2.33. The molecule has 1 aliphatic heterocycles. The molecule has 1 saturated heterocycles. The Bertz CT molecular complexity index is 386. The highest BCUT2D eigenvalue weighted by Crippen LogP contribution is 2.12. The third-order valence-electron chi connectivity index (χ3n) is 3.14. The summed E-state index contributed by atoms with van der Waals surface area (Å²) in [6, 6.07) is 8.11. The fourth-order valence-electron chi connectivity index (χ4n) is 2.07. The molecule has 1 aromatic rings. The molecular formula is C14H19NO2. The van der Waals surface area contributed by atoms with Gasteiger partial charge in [0.2, 0.25) is 5.91 Å². The molecule has 1 aliphatic rings. The fraction of sp³-hybridized carbons (Fsp3) is 0.500. The van der Waals surface area contributed by atoms with Crippen LogP contribution in [-0.4, -0.2) is 30.2 Å². The first kappa shape index (κ1) is 12.1. The molecule has 1 unspecified atom stereocenters. The molecule has 3 heteroatoms. The first-order valence-electron chi connectivity index (χ1n) is 6.13. The molecule has 0 aliphatic carbocycles. The van der Waals surface area contributed by atoms with Gasteiger partial charge in [0, 0.05) is 6.54 Å². The van der Waals surface area contributed by atoms with Crippen molar-refractivity contribution in [3.63, 3.8) is 0 Å². The predicted molar refractivity (Wildman–Crippen MR) is 66.6 cm³/mol. The maximum absolute atomic E-state index is 12.1. The molecule has 0 spiro atoms. The van der Waals surface area contributed by atoms with Crippen LogP contribution in [0.4, 0.5) is 0 Å². The molecule has 3 nitrogen and oxygen atoms in total. The second-order valence-electron chi connectivity index (χ2n) is 4.57. The van der Waals surface area contributed by atoms with E-state index in [0.717, 1.165) is 25.1 Å². The van der Waals surface area contributed by atoms with Gasteiger partial charge in [-0.3, -0.25) is 4.79 Å². The number of nitrogens with zero attached hydrogens (tertiary/aromatic N) is 1. The summed E-state index contributed by atoms with van der Waals surface area (Å²) in [6.45, 7) is 5.56. The lowest BCUT2D eigenvalue weighted by molar-refractivity contribution is -0.151. The number of hydrogen-bond acceptors (Lipinski definition) is 2. The van der Waals surface area contributed by atoms with Crippen molar-refractivity contribution in [2.24, 2.45) is 0 Å². The first-order valence-corrected chi connectivity index (χ1v) is 6.13. The van der Waals surface area contributed by atoms with E-state index in [-0.39, 0.29) is 12.1 Å².